The molecule has 0 radical (unpaired) electrons. The number of aryl methyl sites for hydroxylation is 1. The topological polar surface area (TPSA) is 65.5 Å². The van der Waals surface area contributed by atoms with E-state index in [2.05, 4.69) is 17.2 Å². The van der Waals surface area contributed by atoms with E-state index in [1.54, 1.807) is 11.1 Å². The number of carbonyl (C=O) groups excluding carboxylic acids is 2. The molecule has 1 aromatic heterocycles. The maximum absolute atomic E-state index is 12.6. The number of amides is 2. The van der Waals surface area contributed by atoms with Gasteiger partial charge in [0.05, 0.1) is 5.92 Å². The van der Waals surface area contributed by atoms with Crippen LogP contribution >= 0.6 is 0 Å². The number of hydrogen-bond acceptors (Lipinski definition) is 4. The molecule has 1 unspecified atom stereocenters. The number of carbonyl (C=O) groups is 2. The highest BCUT2D eigenvalue weighted by Crippen LogP contribution is 2.28. The molecule has 6 nitrogen and oxygen atoms in total. The molecule has 1 saturated heterocycles. The first-order valence-corrected chi connectivity index (χ1v) is 9.27. The molecule has 2 aromatic rings. The minimum Gasteiger partial charge on any atom is -0.363 e. The highest BCUT2D eigenvalue weighted by Gasteiger charge is 2.35. The summed E-state index contributed by atoms with van der Waals surface area (Å²) in [5.74, 6) is 0.454. The van der Waals surface area contributed by atoms with Gasteiger partial charge >= 0.3 is 0 Å². The summed E-state index contributed by atoms with van der Waals surface area (Å²) in [7, 11) is 3.86. The Kier molecular flexibility index (Phi) is 5.74. The van der Waals surface area contributed by atoms with E-state index in [9.17, 15) is 9.59 Å². The van der Waals surface area contributed by atoms with Gasteiger partial charge in [-0.05, 0) is 35.7 Å². The number of aromatic nitrogens is 1. The summed E-state index contributed by atoms with van der Waals surface area (Å²) in [5.41, 5.74) is 3.03. The van der Waals surface area contributed by atoms with Crippen LogP contribution in [0.1, 0.15) is 24.5 Å². The number of pyridine rings is 1. The number of benzene rings is 1. The molecular formula is C21H26N4O2. The van der Waals surface area contributed by atoms with E-state index < -0.39 is 0 Å². The van der Waals surface area contributed by atoms with Crippen molar-refractivity contribution in [3.63, 3.8) is 0 Å². The van der Waals surface area contributed by atoms with Gasteiger partial charge in [-0.2, -0.15) is 0 Å². The van der Waals surface area contributed by atoms with Gasteiger partial charge in [-0.25, -0.2) is 4.98 Å². The van der Waals surface area contributed by atoms with Crippen molar-refractivity contribution >= 4 is 23.3 Å². The maximum atomic E-state index is 12.6. The average molecular weight is 366 g/mol. The fourth-order valence-corrected chi connectivity index (χ4v) is 3.34. The lowest BCUT2D eigenvalue weighted by molar-refractivity contribution is -0.126. The maximum Gasteiger partial charge on any atom is 0.227 e. The molecule has 27 heavy (non-hydrogen) atoms. The van der Waals surface area contributed by atoms with E-state index in [0.717, 1.165) is 29.1 Å². The van der Waals surface area contributed by atoms with Gasteiger partial charge in [-0.15, -0.1) is 0 Å². The summed E-state index contributed by atoms with van der Waals surface area (Å²) < 4.78 is 0. The van der Waals surface area contributed by atoms with Crippen molar-refractivity contribution in [1.29, 1.82) is 0 Å². The second kappa shape index (κ2) is 8.20. The number of hydrogen-bond donors (Lipinski definition) is 1. The van der Waals surface area contributed by atoms with Gasteiger partial charge in [0, 0.05) is 45.5 Å². The van der Waals surface area contributed by atoms with Crippen LogP contribution in [-0.2, 0) is 22.6 Å². The number of nitrogens with zero attached hydrogens (tertiary/aromatic N) is 3. The highest BCUT2D eigenvalue weighted by atomic mass is 16.2. The summed E-state index contributed by atoms with van der Waals surface area (Å²) in [4.78, 5) is 33.0. The van der Waals surface area contributed by atoms with Crippen molar-refractivity contribution in [3.8, 4) is 0 Å². The van der Waals surface area contributed by atoms with Crippen LogP contribution in [0.15, 0.2) is 42.6 Å². The Morgan fingerprint density at radius 2 is 2.07 bits per heavy atom. The van der Waals surface area contributed by atoms with Crippen LogP contribution in [0.25, 0.3) is 0 Å². The summed E-state index contributed by atoms with van der Waals surface area (Å²) in [6, 6.07) is 11.7. The van der Waals surface area contributed by atoms with Crippen LogP contribution in [0.2, 0.25) is 0 Å². The van der Waals surface area contributed by atoms with Crippen molar-refractivity contribution in [2.45, 2.75) is 26.3 Å². The lowest BCUT2D eigenvalue weighted by Gasteiger charge is -2.20. The van der Waals surface area contributed by atoms with Crippen molar-refractivity contribution in [2.24, 2.45) is 5.92 Å². The molecule has 0 saturated carbocycles. The van der Waals surface area contributed by atoms with Gasteiger partial charge in [0.25, 0.3) is 0 Å². The summed E-state index contributed by atoms with van der Waals surface area (Å²) >= 11 is 0. The second-order valence-electron chi connectivity index (χ2n) is 7.02. The SMILES string of the molecule is CCc1ccccc1N1CC(C(=O)NCc2ccnc(N(C)C)c2)CC1=O. The van der Waals surface area contributed by atoms with E-state index in [1.807, 2.05) is 55.4 Å². The van der Waals surface area contributed by atoms with E-state index in [0.29, 0.717) is 13.1 Å². The lowest BCUT2D eigenvalue weighted by Crippen LogP contribution is -2.32. The van der Waals surface area contributed by atoms with Crippen LogP contribution in [0.5, 0.6) is 0 Å². The third-order valence-corrected chi connectivity index (χ3v) is 4.89. The number of para-hydroxylation sites is 1. The fourth-order valence-electron chi connectivity index (χ4n) is 3.34. The van der Waals surface area contributed by atoms with E-state index in [1.165, 1.54) is 0 Å². The third kappa shape index (κ3) is 4.27. The van der Waals surface area contributed by atoms with Gasteiger partial charge in [-0.1, -0.05) is 25.1 Å². The third-order valence-electron chi connectivity index (χ3n) is 4.89. The molecule has 6 heteroatoms. The van der Waals surface area contributed by atoms with E-state index in [-0.39, 0.29) is 24.2 Å². The monoisotopic (exact) mass is 366 g/mol. The van der Waals surface area contributed by atoms with Crippen molar-refractivity contribution in [1.82, 2.24) is 10.3 Å². The van der Waals surface area contributed by atoms with Crippen LogP contribution in [0.3, 0.4) is 0 Å². The molecule has 1 aliphatic heterocycles. The Morgan fingerprint density at radius 3 is 2.81 bits per heavy atom. The normalized spacial score (nSPS) is 16.5. The van der Waals surface area contributed by atoms with Crippen LogP contribution in [-0.4, -0.2) is 37.4 Å². The zero-order valence-electron chi connectivity index (χ0n) is 16.1. The van der Waals surface area contributed by atoms with Gasteiger partial charge in [0.1, 0.15) is 5.82 Å². The quantitative estimate of drug-likeness (QED) is 0.852. The Labute approximate surface area is 160 Å². The minimum atomic E-state index is -0.322. The minimum absolute atomic E-state index is 0.00913. The van der Waals surface area contributed by atoms with Crippen molar-refractivity contribution in [3.05, 3.63) is 53.7 Å². The molecule has 1 fully saturated rings. The zero-order valence-corrected chi connectivity index (χ0v) is 16.1. The zero-order chi connectivity index (χ0) is 19.4. The second-order valence-corrected chi connectivity index (χ2v) is 7.02. The first-order valence-electron chi connectivity index (χ1n) is 9.27. The molecule has 0 spiro atoms. The van der Waals surface area contributed by atoms with Crippen molar-refractivity contribution in [2.75, 3.05) is 30.4 Å². The standard InChI is InChI=1S/C21H26N4O2/c1-4-16-7-5-6-8-18(16)25-14-17(12-20(25)26)21(27)23-13-15-9-10-22-19(11-15)24(2)3/h5-11,17H,4,12-14H2,1-3H3,(H,23,27). The average Bonchev–Trinajstić information content (AvgIpc) is 3.07. The number of rotatable bonds is 6. The molecular weight excluding hydrogens is 340 g/mol. The molecule has 0 bridgehead atoms. The highest BCUT2D eigenvalue weighted by molar-refractivity contribution is 6.00. The fraction of sp³-hybridized carbons (Fsp3) is 0.381. The summed E-state index contributed by atoms with van der Waals surface area (Å²) in [6.45, 7) is 2.93. The summed E-state index contributed by atoms with van der Waals surface area (Å²) in [5, 5.41) is 2.96. The van der Waals surface area contributed by atoms with Gasteiger partial charge in [0.15, 0.2) is 0 Å². The lowest BCUT2D eigenvalue weighted by atomic mass is 10.1. The Bertz CT molecular complexity index is 834. The van der Waals surface area contributed by atoms with Crippen molar-refractivity contribution < 1.29 is 9.59 Å². The van der Waals surface area contributed by atoms with E-state index in [4.69, 9.17) is 0 Å². The molecule has 142 valence electrons. The Balaban J connectivity index is 1.63. The molecule has 3 rings (SSSR count). The predicted molar refractivity (Wildman–Crippen MR) is 107 cm³/mol. The largest absolute Gasteiger partial charge is 0.363 e. The molecule has 1 atom stereocenters. The molecule has 2 heterocycles. The van der Waals surface area contributed by atoms with Gasteiger partial charge in [-0.3, -0.25) is 9.59 Å². The number of anilines is 2. The van der Waals surface area contributed by atoms with Gasteiger partial charge < -0.3 is 15.1 Å². The molecule has 1 aromatic carbocycles. The van der Waals surface area contributed by atoms with Crippen LogP contribution in [0.4, 0.5) is 11.5 Å². The number of nitrogens with one attached hydrogen (secondary N) is 1. The Morgan fingerprint density at radius 1 is 1.30 bits per heavy atom. The molecule has 1 aliphatic rings. The Hall–Kier alpha value is -2.89. The molecule has 0 aliphatic carbocycles. The molecule has 2 amide bonds. The van der Waals surface area contributed by atoms with Gasteiger partial charge in [0.2, 0.25) is 11.8 Å². The predicted octanol–water partition coefficient (Wildman–Crippen LogP) is 2.38. The first kappa shape index (κ1) is 18.9. The van der Waals surface area contributed by atoms with Crippen LogP contribution < -0.4 is 15.1 Å². The first-order chi connectivity index (χ1) is 13.0. The van der Waals surface area contributed by atoms with Crippen LogP contribution in [0, 0.1) is 5.92 Å². The smallest absolute Gasteiger partial charge is 0.227 e. The molecule has 1 N–H and O–H groups in total. The summed E-state index contributed by atoms with van der Waals surface area (Å²) in [6.07, 6.45) is 2.84. The van der Waals surface area contributed by atoms with E-state index >= 15 is 0 Å².